The van der Waals surface area contributed by atoms with E-state index in [2.05, 4.69) is 13.0 Å². The molecular weight excluding hydrogens is 86.1 g/mol. The Morgan fingerprint density at radius 2 is 2.57 bits per heavy atom. The van der Waals surface area contributed by atoms with Crippen molar-refractivity contribution >= 4 is 0 Å². The van der Waals surface area contributed by atoms with Gasteiger partial charge in [0.2, 0.25) is 0 Å². The van der Waals surface area contributed by atoms with Gasteiger partial charge in [-0.1, -0.05) is 13.0 Å². The second-order valence-electron chi connectivity index (χ2n) is 1.99. The van der Waals surface area contributed by atoms with E-state index in [-0.39, 0.29) is 0 Å². The van der Waals surface area contributed by atoms with Crippen molar-refractivity contribution in [2.45, 2.75) is 13.3 Å². The lowest BCUT2D eigenvalue weighted by molar-refractivity contribution is 0.656. The fourth-order valence-electron chi connectivity index (χ4n) is 0.740. The maximum absolute atomic E-state index is 8.19. The molecule has 1 unspecified atom stereocenters. The largest absolute Gasteiger partial charge is 0.193 e. The Balaban J connectivity index is 2.55. The van der Waals surface area contributed by atoms with Crippen molar-refractivity contribution in [3.05, 3.63) is 11.6 Å². The van der Waals surface area contributed by atoms with Gasteiger partial charge in [-0.15, -0.1) is 0 Å². The van der Waals surface area contributed by atoms with Crippen LogP contribution in [0.3, 0.4) is 0 Å². The summed E-state index contributed by atoms with van der Waals surface area (Å²) in [5, 5.41) is 8.19. The van der Waals surface area contributed by atoms with Crippen LogP contribution in [0.5, 0.6) is 0 Å². The van der Waals surface area contributed by atoms with Crippen LogP contribution in [0.4, 0.5) is 0 Å². The third kappa shape index (κ3) is 0.640. The molecule has 0 aromatic carbocycles. The summed E-state index contributed by atoms with van der Waals surface area (Å²) >= 11 is 0. The fourth-order valence-corrected chi connectivity index (χ4v) is 0.740. The molecule has 7 heavy (non-hydrogen) atoms. The van der Waals surface area contributed by atoms with E-state index in [0.717, 1.165) is 12.0 Å². The minimum Gasteiger partial charge on any atom is -0.193 e. The minimum atomic E-state index is 0.662. The molecule has 1 aliphatic rings. The SMILES string of the molecule is CC1C=C(C#N)C1. The highest BCUT2D eigenvalue weighted by Gasteiger charge is 2.11. The summed E-state index contributed by atoms with van der Waals surface area (Å²) in [7, 11) is 0. The Morgan fingerprint density at radius 3 is 2.71 bits per heavy atom. The topological polar surface area (TPSA) is 23.8 Å². The van der Waals surface area contributed by atoms with Crippen LogP contribution < -0.4 is 0 Å². The van der Waals surface area contributed by atoms with Crippen LogP contribution in [0.2, 0.25) is 0 Å². The average molecular weight is 93.1 g/mol. The molecule has 0 fully saturated rings. The molecule has 0 heterocycles. The van der Waals surface area contributed by atoms with E-state index >= 15 is 0 Å². The summed E-state index contributed by atoms with van der Waals surface area (Å²) < 4.78 is 0. The van der Waals surface area contributed by atoms with Crippen molar-refractivity contribution < 1.29 is 0 Å². The Morgan fingerprint density at radius 1 is 2.00 bits per heavy atom. The number of nitriles is 1. The Bertz CT molecular complexity index is 139. The minimum absolute atomic E-state index is 0.662. The van der Waals surface area contributed by atoms with Crippen molar-refractivity contribution in [2.75, 3.05) is 0 Å². The van der Waals surface area contributed by atoms with Crippen molar-refractivity contribution in [2.24, 2.45) is 5.92 Å². The van der Waals surface area contributed by atoms with Crippen LogP contribution in [0.15, 0.2) is 11.6 Å². The van der Waals surface area contributed by atoms with Crippen molar-refractivity contribution in [3.63, 3.8) is 0 Å². The first kappa shape index (κ1) is 4.39. The molecule has 1 heteroatoms. The number of nitrogens with zero attached hydrogens (tertiary/aromatic N) is 1. The second-order valence-corrected chi connectivity index (χ2v) is 1.99. The van der Waals surface area contributed by atoms with Gasteiger partial charge in [0.25, 0.3) is 0 Å². The van der Waals surface area contributed by atoms with E-state index in [0.29, 0.717) is 5.92 Å². The van der Waals surface area contributed by atoms with Crippen molar-refractivity contribution in [1.82, 2.24) is 0 Å². The molecule has 0 bridgehead atoms. The monoisotopic (exact) mass is 93.1 g/mol. The molecular formula is C6H7N. The Hall–Kier alpha value is -0.770. The van der Waals surface area contributed by atoms with Crippen molar-refractivity contribution in [1.29, 1.82) is 5.26 Å². The van der Waals surface area contributed by atoms with E-state index in [4.69, 9.17) is 5.26 Å². The maximum atomic E-state index is 8.19. The third-order valence-corrected chi connectivity index (χ3v) is 1.17. The molecule has 0 radical (unpaired) electrons. The summed E-state index contributed by atoms with van der Waals surface area (Å²) in [6.07, 6.45) is 3.00. The number of rotatable bonds is 0. The number of allylic oxidation sites excluding steroid dienone is 2. The van der Waals surface area contributed by atoms with Gasteiger partial charge in [0, 0.05) is 5.57 Å². The highest BCUT2D eigenvalue weighted by molar-refractivity contribution is 5.29. The Labute approximate surface area is 43.3 Å². The number of hydrogen-bond donors (Lipinski definition) is 0. The highest BCUT2D eigenvalue weighted by atomic mass is 14.3. The zero-order valence-electron chi connectivity index (χ0n) is 4.31. The fraction of sp³-hybridized carbons (Fsp3) is 0.500. The number of hydrogen-bond acceptors (Lipinski definition) is 1. The predicted molar refractivity (Wildman–Crippen MR) is 27.5 cm³/mol. The van der Waals surface area contributed by atoms with Crippen LogP contribution in [-0.4, -0.2) is 0 Å². The first-order chi connectivity index (χ1) is 3.33. The summed E-state index contributed by atoms with van der Waals surface area (Å²) in [5.41, 5.74) is 0.951. The Kier molecular flexibility index (Phi) is 0.867. The van der Waals surface area contributed by atoms with Crippen LogP contribution in [0, 0.1) is 17.2 Å². The molecule has 0 N–H and O–H groups in total. The molecule has 0 saturated carbocycles. The average Bonchev–Trinajstić information content (AvgIpc) is 1.58. The summed E-state index contributed by atoms with van der Waals surface area (Å²) in [6.45, 7) is 2.11. The van der Waals surface area contributed by atoms with Gasteiger partial charge in [-0.3, -0.25) is 0 Å². The summed E-state index contributed by atoms with van der Waals surface area (Å²) in [6, 6.07) is 2.09. The lowest BCUT2D eigenvalue weighted by Gasteiger charge is -2.14. The normalized spacial score (nSPS) is 27.4. The zero-order valence-corrected chi connectivity index (χ0v) is 4.31. The standard InChI is InChI=1S/C6H7N/c1-5-2-6(3-5)4-7/h2,5H,3H2,1H3. The van der Waals surface area contributed by atoms with Gasteiger partial charge in [-0.25, -0.2) is 0 Å². The summed E-state index contributed by atoms with van der Waals surface area (Å²) in [4.78, 5) is 0. The van der Waals surface area contributed by atoms with Gasteiger partial charge in [-0.05, 0) is 12.3 Å². The van der Waals surface area contributed by atoms with Gasteiger partial charge in [0.1, 0.15) is 0 Å². The first-order valence-corrected chi connectivity index (χ1v) is 2.43. The van der Waals surface area contributed by atoms with Gasteiger partial charge < -0.3 is 0 Å². The molecule has 0 aromatic heterocycles. The van der Waals surface area contributed by atoms with Gasteiger partial charge in [0.05, 0.1) is 6.07 Å². The van der Waals surface area contributed by atoms with Gasteiger partial charge in [-0.2, -0.15) is 5.26 Å². The van der Waals surface area contributed by atoms with Crippen LogP contribution in [-0.2, 0) is 0 Å². The van der Waals surface area contributed by atoms with E-state index < -0.39 is 0 Å². The third-order valence-electron chi connectivity index (χ3n) is 1.17. The summed E-state index contributed by atoms with van der Waals surface area (Å²) in [5.74, 6) is 0.662. The van der Waals surface area contributed by atoms with E-state index in [1.807, 2.05) is 6.08 Å². The molecule has 1 atom stereocenters. The molecule has 1 nitrogen and oxygen atoms in total. The predicted octanol–water partition coefficient (Wildman–Crippen LogP) is 1.48. The molecule has 1 aliphatic carbocycles. The van der Waals surface area contributed by atoms with Gasteiger partial charge in [0.15, 0.2) is 0 Å². The van der Waals surface area contributed by atoms with Crippen molar-refractivity contribution in [3.8, 4) is 6.07 Å². The highest BCUT2D eigenvalue weighted by Crippen LogP contribution is 2.23. The zero-order chi connectivity index (χ0) is 5.28. The molecule has 0 saturated heterocycles. The van der Waals surface area contributed by atoms with E-state index in [1.165, 1.54) is 0 Å². The van der Waals surface area contributed by atoms with E-state index in [9.17, 15) is 0 Å². The van der Waals surface area contributed by atoms with Crippen LogP contribution >= 0.6 is 0 Å². The smallest absolute Gasteiger partial charge is 0.0944 e. The molecule has 0 aliphatic heterocycles. The maximum Gasteiger partial charge on any atom is 0.0944 e. The lowest BCUT2D eigenvalue weighted by atomic mass is 9.89. The molecule has 1 rings (SSSR count). The quantitative estimate of drug-likeness (QED) is 0.445. The molecule has 36 valence electrons. The van der Waals surface area contributed by atoms with Gasteiger partial charge >= 0.3 is 0 Å². The first-order valence-electron chi connectivity index (χ1n) is 2.43. The van der Waals surface area contributed by atoms with Crippen LogP contribution in [0.1, 0.15) is 13.3 Å². The second kappa shape index (κ2) is 1.38. The van der Waals surface area contributed by atoms with Crippen LogP contribution in [0.25, 0.3) is 0 Å². The lowest BCUT2D eigenvalue weighted by Crippen LogP contribution is -2.02. The van der Waals surface area contributed by atoms with E-state index in [1.54, 1.807) is 0 Å². The molecule has 0 spiro atoms. The molecule has 0 amide bonds. The molecule has 0 aromatic rings.